The Labute approximate surface area is 195 Å². The summed E-state index contributed by atoms with van der Waals surface area (Å²) in [5.41, 5.74) is -0.293. The number of benzene rings is 1. The van der Waals surface area contributed by atoms with Gasteiger partial charge in [-0.05, 0) is 105 Å². The summed E-state index contributed by atoms with van der Waals surface area (Å²) in [7, 11) is 0. The van der Waals surface area contributed by atoms with Crippen LogP contribution in [0.1, 0.15) is 78.1 Å². The molecule has 0 saturated heterocycles. The van der Waals surface area contributed by atoms with Crippen molar-refractivity contribution in [2.45, 2.75) is 89.8 Å². The minimum Gasteiger partial charge on any atom is -0.431 e. The van der Waals surface area contributed by atoms with E-state index < -0.39 is 16.7 Å². The summed E-state index contributed by atoms with van der Waals surface area (Å²) in [4.78, 5) is 22.6. The van der Waals surface area contributed by atoms with E-state index in [-0.39, 0.29) is 28.4 Å². The number of ether oxygens (including phenoxy) is 2. The summed E-state index contributed by atoms with van der Waals surface area (Å²) < 4.78 is 10.9. The third kappa shape index (κ3) is 3.63. The zero-order valence-electron chi connectivity index (χ0n) is 19.6. The van der Waals surface area contributed by atoms with Crippen molar-refractivity contribution in [2.75, 3.05) is 0 Å². The molecule has 4 aliphatic carbocycles. The Bertz CT molecular complexity index is 933. The van der Waals surface area contributed by atoms with Crippen LogP contribution in [0.3, 0.4) is 0 Å². The number of rotatable bonds is 3. The maximum atomic E-state index is 12.4. The molecule has 0 radical (unpaired) electrons. The number of nitro benzene ring substituents is 1. The fraction of sp³-hybridized carbons (Fsp3) is 0.731. The average Bonchev–Trinajstić information content (AvgIpc) is 3.09. The molecule has 4 aliphatic rings. The van der Waals surface area contributed by atoms with E-state index in [1.54, 1.807) is 0 Å². The first-order valence-corrected chi connectivity index (χ1v) is 12.5. The smallest absolute Gasteiger partial charge is 0.431 e. The fourth-order valence-electron chi connectivity index (χ4n) is 8.17. The van der Waals surface area contributed by atoms with Crippen molar-refractivity contribution in [3.05, 3.63) is 34.4 Å². The van der Waals surface area contributed by atoms with E-state index in [9.17, 15) is 20.0 Å². The Morgan fingerprint density at radius 1 is 1.03 bits per heavy atom. The second-order valence-electron chi connectivity index (χ2n) is 11.5. The quantitative estimate of drug-likeness (QED) is 0.258. The summed E-state index contributed by atoms with van der Waals surface area (Å²) in [5, 5.41) is 22.6. The number of nitro groups is 1. The van der Waals surface area contributed by atoms with Gasteiger partial charge in [-0.25, -0.2) is 4.79 Å². The van der Waals surface area contributed by atoms with Crippen molar-refractivity contribution in [1.82, 2.24) is 0 Å². The van der Waals surface area contributed by atoms with Crippen LogP contribution in [0.15, 0.2) is 24.3 Å². The van der Waals surface area contributed by atoms with Gasteiger partial charge in [0.15, 0.2) is 0 Å². The lowest BCUT2D eigenvalue weighted by atomic mass is 9.44. The standard InChI is InChI=1S/C26H35NO6/c1-24-12-3-13-26(24,29)22-9-4-17-16-20(10-15-25(17,2)21(22)11-14-24)33-23(28)32-19-7-5-18(6-8-19)27(30)31/h5-8,17,20-22,29H,3-4,9-16H2,1-2H3/t17-,20+,21+,22-,24+,25+,26+/m1/s1. The maximum Gasteiger partial charge on any atom is 0.514 e. The van der Waals surface area contributed by atoms with Crippen LogP contribution in [0, 0.1) is 38.7 Å². The molecule has 7 atom stereocenters. The van der Waals surface area contributed by atoms with E-state index in [0.717, 1.165) is 57.8 Å². The number of carbonyl (C=O) groups excluding carboxylic acids is 1. The Morgan fingerprint density at radius 2 is 1.79 bits per heavy atom. The lowest BCUT2D eigenvalue weighted by Crippen LogP contribution is -2.61. The molecular formula is C26H35NO6. The largest absolute Gasteiger partial charge is 0.514 e. The number of aliphatic hydroxyl groups is 1. The third-order valence-corrected chi connectivity index (χ3v) is 10.1. The van der Waals surface area contributed by atoms with Crippen LogP contribution in [-0.2, 0) is 4.74 Å². The molecule has 5 rings (SSSR count). The topological polar surface area (TPSA) is 98.9 Å². The van der Waals surface area contributed by atoms with E-state index in [4.69, 9.17) is 9.47 Å². The molecule has 0 bridgehead atoms. The zero-order chi connectivity index (χ0) is 23.4. The van der Waals surface area contributed by atoms with E-state index in [1.165, 1.54) is 30.7 Å². The van der Waals surface area contributed by atoms with Crippen LogP contribution in [-0.4, -0.2) is 27.9 Å². The zero-order valence-corrected chi connectivity index (χ0v) is 19.6. The highest BCUT2D eigenvalue weighted by molar-refractivity contribution is 5.64. The molecule has 33 heavy (non-hydrogen) atoms. The Hall–Kier alpha value is -2.15. The predicted molar refractivity (Wildman–Crippen MR) is 122 cm³/mol. The van der Waals surface area contributed by atoms with Gasteiger partial charge < -0.3 is 14.6 Å². The number of hydrogen-bond donors (Lipinski definition) is 1. The van der Waals surface area contributed by atoms with Gasteiger partial charge in [-0.3, -0.25) is 10.1 Å². The van der Waals surface area contributed by atoms with E-state index in [1.807, 2.05) is 0 Å². The first-order chi connectivity index (χ1) is 15.6. The van der Waals surface area contributed by atoms with Crippen molar-refractivity contribution in [3.8, 4) is 5.75 Å². The molecule has 4 saturated carbocycles. The van der Waals surface area contributed by atoms with Crippen LogP contribution in [0.2, 0.25) is 0 Å². The van der Waals surface area contributed by atoms with Gasteiger partial charge in [-0.15, -0.1) is 0 Å². The van der Waals surface area contributed by atoms with E-state index >= 15 is 0 Å². The summed E-state index contributed by atoms with van der Waals surface area (Å²) in [5.74, 6) is 1.66. The lowest BCUT2D eigenvalue weighted by Gasteiger charge is -2.63. The first kappa shape index (κ1) is 22.6. The summed E-state index contributed by atoms with van der Waals surface area (Å²) in [6, 6.07) is 5.42. The van der Waals surface area contributed by atoms with Gasteiger partial charge in [-0.2, -0.15) is 0 Å². The van der Waals surface area contributed by atoms with Crippen molar-refractivity contribution in [1.29, 1.82) is 0 Å². The molecule has 1 aromatic carbocycles. The molecule has 0 spiro atoms. The van der Waals surface area contributed by atoms with Gasteiger partial charge in [0.2, 0.25) is 0 Å². The Kier molecular flexibility index (Phi) is 5.46. The minimum absolute atomic E-state index is 0.0526. The summed E-state index contributed by atoms with van der Waals surface area (Å²) in [6.07, 6.45) is 9.43. The Morgan fingerprint density at radius 3 is 2.52 bits per heavy atom. The van der Waals surface area contributed by atoms with Gasteiger partial charge in [-0.1, -0.05) is 13.8 Å². The highest BCUT2D eigenvalue weighted by Gasteiger charge is 2.64. The number of hydrogen-bond acceptors (Lipinski definition) is 6. The van der Waals surface area contributed by atoms with Crippen LogP contribution in [0.4, 0.5) is 10.5 Å². The third-order valence-electron chi connectivity index (χ3n) is 10.1. The van der Waals surface area contributed by atoms with E-state index in [2.05, 4.69) is 13.8 Å². The number of non-ortho nitro benzene ring substituents is 1. The molecule has 0 heterocycles. The number of fused-ring (bicyclic) bond motifs is 5. The molecule has 4 fully saturated rings. The van der Waals surface area contributed by atoms with Crippen molar-refractivity contribution in [3.63, 3.8) is 0 Å². The lowest BCUT2D eigenvalue weighted by molar-refractivity contribution is -0.384. The molecule has 180 valence electrons. The van der Waals surface area contributed by atoms with Crippen LogP contribution in [0.5, 0.6) is 5.75 Å². The van der Waals surface area contributed by atoms with Crippen molar-refractivity contribution >= 4 is 11.8 Å². The Balaban J connectivity index is 1.22. The highest BCUT2D eigenvalue weighted by atomic mass is 16.7. The summed E-state index contributed by atoms with van der Waals surface area (Å²) in [6.45, 7) is 4.73. The summed E-state index contributed by atoms with van der Waals surface area (Å²) >= 11 is 0. The molecule has 0 aromatic heterocycles. The van der Waals surface area contributed by atoms with Crippen LogP contribution >= 0.6 is 0 Å². The van der Waals surface area contributed by atoms with Crippen LogP contribution < -0.4 is 4.74 Å². The predicted octanol–water partition coefficient (Wildman–Crippen LogP) is 6.03. The SMILES string of the molecule is C[C@]12CC[C@H](OC(=O)Oc3ccc([N+](=O)[O-])cc3)C[C@H]1CC[C@@H]1[C@@H]2CC[C@]2(C)CCC[C@]12O. The molecule has 0 unspecified atom stereocenters. The molecule has 0 aliphatic heterocycles. The van der Waals surface area contributed by atoms with Gasteiger partial charge in [0, 0.05) is 12.1 Å². The fourth-order valence-corrected chi connectivity index (χ4v) is 8.17. The molecule has 7 heteroatoms. The van der Waals surface area contributed by atoms with Gasteiger partial charge in [0.1, 0.15) is 11.9 Å². The van der Waals surface area contributed by atoms with Crippen LogP contribution in [0.25, 0.3) is 0 Å². The average molecular weight is 458 g/mol. The van der Waals surface area contributed by atoms with Crippen molar-refractivity contribution in [2.24, 2.45) is 28.6 Å². The van der Waals surface area contributed by atoms with Gasteiger partial charge in [0.05, 0.1) is 10.5 Å². The second-order valence-corrected chi connectivity index (χ2v) is 11.5. The first-order valence-electron chi connectivity index (χ1n) is 12.5. The maximum absolute atomic E-state index is 12.4. The monoisotopic (exact) mass is 457 g/mol. The minimum atomic E-state index is -0.750. The normalized spacial score (nSPS) is 41.9. The molecule has 7 nitrogen and oxygen atoms in total. The van der Waals surface area contributed by atoms with Gasteiger partial charge >= 0.3 is 6.16 Å². The second kappa shape index (κ2) is 7.97. The molecule has 0 amide bonds. The van der Waals surface area contributed by atoms with E-state index in [0.29, 0.717) is 17.8 Å². The number of nitrogens with zero attached hydrogens (tertiary/aromatic N) is 1. The number of carbonyl (C=O) groups is 1. The highest BCUT2D eigenvalue weighted by Crippen LogP contribution is 2.67. The molecule has 1 aromatic rings. The molecular weight excluding hydrogens is 422 g/mol. The van der Waals surface area contributed by atoms with Crippen molar-refractivity contribution < 1.29 is 24.3 Å². The van der Waals surface area contributed by atoms with Gasteiger partial charge in [0.25, 0.3) is 5.69 Å². The molecule has 1 N–H and O–H groups in total.